The molecule has 0 aliphatic rings. The number of benzene rings is 1. The van der Waals surface area contributed by atoms with Gasteiger partial charge in [0.25, 0.3) is 0 Å². The zero-order chi connectivity index (χ0) is 12.3. The molecule has 2 nitrogen and oxygen atoms in total. The van der Waals surface area contributed by atoms with Crippen molar-refractivity contribution >= 4 is 34.3 Å². The lowest BCUT2D eigenvalue weighted by Gasteiger charge is -2.05. The Morgan fingerprint density at radius 1 is 1.41 bits per heavy atom. The van der Waals surface area contributed by atoms with Gasteiger partial charge in [-0.05, 0) is 36.4 Å². The van der Waals surface area contributed by atoms with Gasteiger partial charge < -0.3 is 9.52 Å². The summed E-state index contributed by atoms with van der Waals surface area (Å²) in [6.07, 6.45) is 0.574. The zero-order valence-electron chi connectivity index (χ0n) is 9.65. The van der Waals surface area contributed by atoms with E-state index < -0.39 is 6.10 Å². The maximum absolute atomic E-state index is 9.97. The predicted octanol–water partition coefficient (Wildman–Crippen LogP) is 4.26. The summed E-state index contributed by atoms with van der Waals surface area (Å²) in [6.45, 7) is 2.13. The smallest absolute Gasteiger partial charge is 0.134 e. The molecule has 0 saturated carbocycles. The Balaban J connectivity index is 2.12. The van der Waals surface area contributed by atoms with Gasteiger partial charge in [-0.1, -0.05) is 18.5 Å². The number of aliphatic hydroxyl groups excluding tert-OH is 1. The summed E-state index contributed by atoms with van der Waals surface area (Å²) in [5.41, 5.74) is 0.768. The Labute approximate surface area is 110 Å². The van der Waals surface area contributed by atoms with Crippen LogP contribution >= 0.6 is 23.4 Å². The van der Waals surface area contributed by atoms with Crippen LogP contribution in [0.4, 0.5) is 0 Å². The van der Waals surface area contributed by atoms with Crippen LogP contribution in [-0.4, -0.2) is 16.6 Å². The van der Waals surface area contributed by atoms with Gasteiger partial charge in [-0.3, -0.25) is 0 Å². The molecule has 0 aliphatic carbocycles. The van der Waals surface area contributed by atoms with E-state index in [1.807, 2.05) is 18.2 Å². The second kappa shape index (κ2) is 5.80. The monoisotopic (exact) mass is 270 g/mol. The first-order chi connectivity index (χ1) is 8.20. The minimum Gasteiger partial charge on any atom is -0.458 e. The molecule has 0 aliphatic heterocycles. The summed E-state index contributed by atoms with van der Waals surface area (Å²) in [5, 5.41) is 11.6. The molecule has 2 rings (SSSR count). The van der Waals surface area contributed by atoms with Gasteiger partial charge >= 0.3 is 0 Å². The lowest BCUT2D eigenvalue weighted by molar-refractivity contribution is 0.177. The number of hydrogen-bond donors (Lipinski definition) is 1. The molecule has 0 bridgehead atoms. The van der Waals surface area contributed by atoms with E-state index in [1.165, 1.54) is 0 Å². The van der Waals surface area contributed by atoms with Crippen LogP contribution in [0.5, 0.6) is 0 Å². The topological polar surface area (TPSA) is 33.4 Å². The van der Waals surface area contributed by atoms with Crippen LogP contribution in [0.15, 0.2) is 28.7 Å². The quantitative estimate of drug-likeness (QED) is 0.824. The molecule has 4 heteroatoms. The van der Waals surface area contributed by atoms with E-state index in [-0.39, 0.29) is 0 Å². The second-order valence-electron chi connectivity index (χ2n) is 3.92. The van der Waals surface area contributed by atoms with Crippen molar-refractivity contribution in [3.8, 4) is 0 Å². The summed E-state index contributed by atoms with van der Waals surface area (Å²) < 4.78 is 5.59. The molecule has 1 unspecified atom stereocenters. The van der Waals surface area contributed by atoms with E-state index >= 15 is 0 Å². The van der Waals surface area contributed by atoms with Gasteiger partial charge in [0.2, 0.25) is 0 Å². The third kappa shape index (κ3) is 3.18. The van der Waals surface area contributed by atoms with Gasteiger partial charge in [0.15, 0.2) is 0 Å². The molecular formula is C13H15ClO2S. The van der Waals surface area contributed by atoms with Gasteiger partial charge in [0.1, 0.15) is 17.4 Å². The fourth-order valence-electron chi connectivity index (χ4n) is 1.62. The van der Waals surface area contributed by atoms with Crippen molar-refractivity contribution in [2.75, 3.05) is 11.5 Å². The summed E-state index contributed by atoms with van der Waals surface area (Å²) in [7, 11) is 0. The molecule has 92 valence electrons. The highest BCUT2D eigenvalue weighted by Crippen LogP contribution is 2.28. The first-order valence-electron chi connectivity index (χ1n) is 5.65. The highest BCUT2D eigenvalue weighted by atomic mass is 35.5. The molecule has 1 aromatic carbocycles. The van der Waals surface area contributed by atoms with Crippen molar-refractivity contribution in [3.63, 3.8) is 0 Å². The van der Waals surface area contributed by atoms with Crippen molar-refractivity contribution in [3.05, 3.63) is 35.0 Å². The molecule has 0 fully saturated rings. The molecule has 2 aromatic rings. The van der Waals surface area contributed by atoms with Crippen LogP contribution in [0, 0.1) is 0 Å². The summed E-state index contributed by atoms with van der Waals surface area (Å²) in [5.74, 6) is 2.34. The fraction of sp³-hybridized carbons (Fsp3) is 0.385. The lowest BCUT2D eigenvalue weighted by atomic mass is 10.2. The Morgan fingerprint density at radius 3 is 3.00 bits per heavy atom. The van der Waals surface area contributed by atoms with Crippen molar-refractivity contribution in [2.24, 2.45) is 0 Å². The minimum absolute atomic E-state index is 0.544. The standard InChI is InChI=1S/C13H15ClO2S/c1-2-5-17-8-11(15)13-7-9-6-10(14)3-4-12(9)16-13/h3-4,6-7,11,15H,2,5,8H2,1H3. The molecule has 1 atom stereocenters. The van der Waals surface area contributed by atoms with Crippen molar-refractivity contribution in [2.45, 2.75) is 19.4 Å². The highest BCUT2D eigenvalue weighted by molar-refractivity contribution is 7.99. The Bertz CT molecular complexity index is 495. The van der Waals surface area contributed by atoms with E-state index in [9.17, 15) is 5.11 Å². The summed E-state index contributed by atoms with van der Waals surface area (Å²) in [6, 6.07) is 7.32. The van der Waals surface area contributed by atoms with E-state index in [0.29, 0.717) is 16.5 Å². The van der Waals surface area contributed by atoms with E-state index in [1.54, 1.807) is 17.8 Å². The molecule has 1 heterocycles. The number of furan rings is 1. The SMILES string of the molecule is CCCSCC(O)c1cc2cc(Cl)ccc2o1. The molecule has 1 N–H and O–H groups in total. The maximum Gasteiger partial charge on any atom is 0.134 e. The third-order valence-electron chi connectivity index (χ3n) is 2.45. The van der Waals surface area contributed by atoms with E-state index in [2.05, 4.69) is 6.92 Å². The maximum atomic E-state index is 9.97. The number of halogens is 1. The fourth-order valence-corrected chi connectivity index (χ4v) is 2.64. The number of rotatable bonds is 5. The Hall–Kier alpha value is -0.640. The Morgan fingerprint density at radius 2 is 2.24 bits per heavy atom. The average molecular weight is 271 g/mol. The van der Waals surface area contributed by atoms with Crippen LogP contribution < -0.4 is 0 Å². The van der Waals surface area contributed by atoms with Crippen molar-refractivity contribution in [1.82, 2.24) is 0 Å². The van der Waals surface area contributed by atoms with Crippen molar-refractivity contribution < 1.29 is 9.52 Å². The van der Waals surface area contributed by atoms with E-state index in [4.69, 9.17) is 16.0 Å². The van der Waals surface area contributed by atoms with Gasteiger partial charge in [-0.2, -0.15) is 11.8 Å². The summed E-state index contributed by atoms with van der Waals surface area (Å²) >= 11 is 7.63. The first kappa shape index (κ1) is 12.8. The lowest BCUT2D eigenvalue weighted by Crippen LogP contribution is -1.99. The van der Waals surface area contributed by atoms with Gasteiger partial charge in [-0.15, -0.1) is 0 Å². The van der Waals surface area contributed by atoms with Gasteiger partial charge in [0.05, 0.1) is 0 Å². The van der Waals surface area contributed by atoms with Crippen molar-refractivity contribution in [1.29, 1.82) is 0 Å². The Kier molecular flexibility index (Phi) is 4.37. The minimum atomic E-state index is -0.544. The predicted molar refractivity (Wildman–Crippen MR) is 73.8 cm³/mol. The largest absolute Gasteiger partial charge is 0.458 e. The van der Waals surface area contributed by atoms with Crippen LogP contribution in [0.3, 0.4) is 0 Å². The van der Waals surface area contributed by atoms with Crippen LogP contribution in [0.25, 0.3) is 11.0 Å². The second-order valence-corrected chi connectivity index (χ2v) is 5.51. The van der Waals surface area contributed by atoms with Crippen LogP contribution in [0.1, 0.15) is 25.2 Å². The summed E-state index contributed by atoms with van der Waals surface area (Å²) in [4.78, 5) is 0. The van der Waals surface area contributed by atoms with E-state index in [0.717, 1.165) is 23.1 Å². The van der Waals surface area contributed by atoms with Gasteiger partial charge in [-0.25, -0.2) is 0 Å². The van der Waals surface area contributed by atoms with Crippen LogP contribution in [0.2, 0.25) is 5.02 Å². The van der Waals surface area contributed by atoms with Gasteiger partial charge in [0, 0.05) is 16.2 Å². The molecule has 1 aromatic heterocycles. The number of fused-ring (bicyclic) bond motifs is 1. The number of aliphatic hydroxyl groups is 1. The number of hydrogen-bond acceptors (Lipinski definition) is 3. The molecular weight excluding hydrogens is 256 g/mol. The molecule has 0 radical (unpaired) electrons. The molecule has 0 spiro atoms. The normalized spacial score (nSPS) is 13.1. The zero-order valence-corrected chi connectivity index (χ0v) is 11.2. The molecule has 0 amide bonds. The third-order valence-corrected chi connectivity index (χ3v) is 3.93. The first-order valence-corrected chi connectivity index (χ1v) is 7.18. The highest BCUT2D eigenvalue weighted by Gasteiger charge is 2.13. The average Bonchev–Trinajstić information content (AvgIpc) is 2.72. The number of thioether (sulfide) groups is 1. The van der Waals surface area contributed by atoms with Crippen LogP contribution in [-0.2, 0) is 0 Å². The molecule has 0 saturated heterocycles. The molecule has 17 heavy (non-hydrogen) atoms.